The zero-order valence-corrected chi connectivity index (χ0v) is 16.1. The molecule has 1 fully saturated rings. The first-order valence-corrected chi connectivity index (χ1v) is 9.04. The number of ether oxygens (including phenoxy) is 2. The topological polar surface area (TPSA) is 67.9 Å². The van der Waals surface area contributed by atoms with E-state index in [1.807, 2.05) is 13.0 Å². The van der Waals surface area contributed by atoms with E-state index < -0.39 is 11.7 Å². The van der Waals surface area contributed by atoms with Crippen molar-refractivity contribution in [1.29, 1.82) is 0 Å². The van der Waals surface area contributed by atoms with Crippen molar-refractivity contribution in [2.75, 3.05) is 26.0 Å². The molecule has 148 valence electrons. The molecule has 0 aliphatic carbocycles. The van der Waals surface area contributed by atoms with Gasteiger partial charge in [-0.2, -0.15) is 0 Å². The fourth-order valence-corrected chi connectivity index (χ4v) is 3.05. The molecule has 0 aromatic heterocycles. The molecule has 2 aromatic carbocycles. The highest BCUT2D eigenvalue weighted by molar-refractivity contribution is 5.95. The summed E-state index contributed by atoms with van der Waals surface area (Å²) in [5.74, 6) is -0.436. The van der Waals surface area contributed by atoms with Crippen molar-refractivity contribution in [2.24, 2.45) is 5.92 Å². The molecule has 0 bridgehead atoms. The molecule has 1 atom stereocenters. The molecule has 1 N–H and O–H groups in total. The second kappa shape index (κ2) is 8.29. The van der Waals surface area contributed by atoms with Crippen LogP contribution in [0.2, 0.25) is 0 Å². The number of likely N-dealkylation sites (tertiary alicyclic amines) is 1. The zero-order valence-electron chi connectivity index (χ0n) is 16.1. The van der Waals surface area contributed by atoms with E-state index in [0.29, 0.717) is 30.2 Å². The molecule has 2 aromatic rings. The van der Waals surface area contributed by atoms with E-state index >= 15 is 0 Å². The van der Waals surface area contributed by atoms with Gasteiger partial charge in [0.2, 0.25) is 11.8 Å². The third kappa shape index (κ3) is 4.42. The van der Waals surface area contributed by atoms with E-state index in [0.717, 1.165) is 5.56 Å². The lowest BCUT2D eigenvalue weighted by Crippen LogP contribution is -2.39. The maximum atomic E-state index is 14.5. The molecule has 28 heavy (non-hydrogen) atoms. The number of carbonyl (C=O) groups excluding carboxylic acids is 2. The minimum Gasteiger partial charge on any atom is -0.493 e. The van der Waals surface area contributed by atoms with E-state index in [2.05, 4.69) is 5.32 Å². The summed E-state index contributed by atoms with van der Waals surface area (Å²) in [5.41, 5.74) is 1.31. The molecule has 6 nitrogen and oxygen atoms in total. The maximum absolute atomic E-state index is 14.5. The number of methoxy groups -OCH3 is 1. The van der Waals surface area contributed by atoms with Crippen molar-refractivity contribution in [3.8, 4) is 17.2 Å². The van der Waals surface area contributed by atoms with E-state index in [-0.39, 0.29) is 24.0 Å². The molecule has 1 heterocycles. The smallest absolute Gasteiger partial charge is 0.228 e. The Kier molecular flexibility index (Phi) is 5.82. The number of hydrogen-bond donors (Lipinski definition) is 1. The highest BCUT2D eigenvalue weighted by atomic mass is 19.1. The average molecular weight is 386 g/mol. The van der Waals surface area contributed by atoms with Crippen molar-refractivity contribution < 1.29 is 23.5 Å². The molecule has 0 spiro atoms. The van der Waals surface area contributed by atoms with Crippen LogP contribution in [0.15, 0.2) is 36.4 Å². The minimum atomic E-state index is -0.611. The maximum Gasteiger partial charge on any atom is 0.228 e. The summed E-state index contributed by atoms with van der Waals surface area (Å²) < 4.78 is 25.4. The van der Waals surface area contributed by atoms with Crippen LogP contribution in [0.5, 0.6) is 17.2 Å². The standard InChI is InChI=1S/C21H23FN2O4/c1-13-4-6-18(19(10-13)27-3)28-17-7-5-15(12-16(17)22)23-21(26)14-8-9-24(2)20(25)11-14/h4-7,10,12,14H,8-9,11H2,1-3H3,(H,23,26). The SMILES string of the molecule is COc1cc(C)ccc1Oc1ccc(NC(=O)C2CCN(C)C(=O)C2)cc1F. The predicted molar refractivity (Wildman–Crippen MR) is 103 cm³/mol. The lowest BCUT2D eigenvalue weighted by Gasteiger charge is -2.27. The zero-order chi connectivity index (χ0) is 20.3. The summed E-state index contributed by atoms with van der Waals surface area (Å²) >= 11 is 0. The summed E-state index contributed by atoms with van der Waals surface area (Å²) in [6.45, 7) is 2.46. The summed E-state index contributed by atoms with van der Waals surface area (Å²) in [6.07, 6.45) is 0.754. The van der Waals surface area contributed by atoms with Crippen molar-refractivity contribution in [3.05, 3.63) is 47.8 Å². The molecule has 1 aliphatic heterocycles. The van der Waals surface area contributed by atoms with Gasteiger partial charge in [0.15, 0.2) is 23.1 Å². The molecule has 7 heteroatoms. The van der Waals surface area contributed by atoms with Crippen LogP contribution in [0, 0.1) is 18.7 Å². The van der Waals surface area contributed by atoms with Gasteiger partial charge in [0.05, 0.1) is 7.11 Å². The van der Waals surface area contributed by atoms with Crippen LogP contribution in [0.25, 0.3) is 0 Å². The summed E-state index contributed by atoms with van der Waals surface area (Å²) in [4.78, 5) is 25.7. The number of aryl methyl sites for hydroxylation is 1. The first kappa shape index (κ1) is 19.7. The number of carbonyl (C=O) groups is 2. The normalized spacial score (nSPS) is 16.6. The van der Waals surface area contributed by atoms with E-state index in [1.54, 1.807) is 30.1 Å². The monoisotopic (exact) mass is 386 g/mol. The molecule has 2 amide bonds. The molecule has 0 radical (unpaired) electrons. The summed E-state index contributed by atoms with van der Waals surface area (Å²) in [5, 5.41) is 2.68. The van der Waals surface area contributed by atoms with Gasteiger partial charge >= 0.3 is 0 Å². The second-order valence-corrected chi connectivity index (χ2v) is 6.90. The number of benzene rings is 2. The van der Waals surface area contributed by atoms with Gasteiger partial charge in [-0.05, 0) is 43.2 Å². The number of halogens is 1. The van der Waals surface area contributed by atoms with Gasteiger partial charge in [-0.3, -0.25) is 9.59 Å². The van der Waals surface area contributed by atoms with E-state index in [9.17, 15) is 14.0 Å². The number of nitrogens with zero attached hydrogens (tertiary/aromatic N) is 1. The highest BCUT2D eigenvalue weighted by Crippen LogP contribution is 2.34. The highest BCUT2D eigenvalue weighted by Gasteiger charge is 2.28. The van der Waals surface area contributed by atoms with Gasteiger partial charge in [0.1, 0.15) is 0 Å². The van der Waals surface area contributed by atoms with Gasteiger partial charge in [-0.15, -0.1) is 0 Å². The van der Waals surface area contributed by atoms with Crippen LogP contribution >= 0.6 is 0 Å². The molecular formula is C21H23FN2O4. The number of rotatable bonds is 5. The summed E-state index contributed by atoms with van der Waals surface area (Å²) in [7, 11) is 3.23. The number of hydrogen-bond acceptors (Lipinski definition) is 4. The molecular weight excluding hydrogens is 363 g/mol. The fourth-order valence-electron chi connectivity index (χ4n) is 3.05. The van der Waals surface area contributed by atoms with Crippen molar-refractivity contribution >= 4 is 17.5 Å². The van der Waals surface area contributed by atoms with E-state index in [4.69, 9.17) is 9.47 Å². The van der Waals surface area contributed by atoms with Crippen molar-refractivity contribution in [2.45, 2.75) is 19.8 Å². The first-order valence-electron chi connectivity index (χ1n) is 9.04. The number of nitrogens with one attached hydrogen (secondary N) is 1. The summed E-state index contributed by atoms with van der Waals surface area (Å²) in [6, 6.07) is 9.56. The van der Waals surface area contributed by atoms with Crippen LogP contribution < -0.4 is 14.8 Å². The number of piperidine rings is 1. The Morgan fingerprint density at radius 3 is 2.61 bits per heavy atom. The van der Waals surface area contributed by atoms with Gasteiger partial charge in [-0.25, -0.2) is 4.39 Å². The van der Waals surface area contributed by atoms with Crippen molar-refractivity contribution in [3.63, 3.8) is 0 Å². The quantitative estimate of drug-likeness (QED) is 0.850. The minimum absolute atomic E-state index is 0.0228. The van der Waals surface area contributed by atoms with Crippen LogP contribution in [0.3, 0.4) is 0 Å². The Morgan fingerprint density at radius 2 is 1.93 bits per heavy atom. The predicted octanol–water partition coefficient (Wildman–Crippen LogP) is 3.74. The Balaban J connectivity index is 1.69. The first-order chi connectivity index (χ1) is 13.4. The number of anilines is 1. The van der Waals surface area contributed by atoms with Crippen LogP contribution in [-0.2, 0) is 9.59 Å². The fraction of sp³-hybridized carbons (Fsp3) is 0.333. The molecule has 3 rings (SSSR count). The largest absolute Gasteiger partial charge is 0.493 e. The van der Waals surface area contributed by atoms with Gasteiger partial charge in [0, 0.05) is 37.7 Å². The van der Waals surface area contributed by atoms with Crippen molar-refractivity contribution in [1.82, 2.24) is 4.90 Å². The van der Waals surface area contributed by atoms with Gasteiger partial charge < -0.3 is 19.7 Å². The Bertz CT molecular complexity index is 900. The second-order valence-electron chi connectivity index (χ2n) is 6.90. The van der Waals surface area contributed by atoms with Crippen LogP contribution in [0.1, 0.15) is 18.4 Å². The van der Waals surface area contributed by atoms with E-state index in [1.165, 1.54) is 19.2 Å². The molecule has 1 unspecified atom stereocenters. The molecule has 1 aliphatic rings. The van der Waals surface area contributed by atoms with Crippen LogP contribution in [0.4, 0.5) is 10.1 Å². The van der Waals surface area contributed by atoms with Gasteiger partial charge in [0.25, 0.3) is 0 Å². The lowest BCUT2D eigenvalue weighted by atomic mass is 9.95. The third-order valence-electron chi connectivity index (χ3n) is 4.77. The third-order valence-corrected chi connectivity index (χ3v) is 4.77. The molecule has 0 saturated carbocycles. The number of amides is 2. The molecule has 1 saturated heterocycles. The lowest BCUT2D eigenvalue weighted by molar-refractivity contribution is -0.137. The average Bonchev–Trinajstić information content (AvgIpc) is 2.67. The Labute approximate surface area is 163 Å². The van der Waals surface area contributed by atoms with Gasteiger partial charge in [-0.1, -0.05) is 6.07 Å². The Morgan fingerprint density at radius 1 is 1.18 bits per heavy atom. The Hall–Kier alpha value is -3.09. The van der Waals surface area contributed by atoms with Crippen LogP contribution in [-0.4, -0.2) is 37.4 Å².